The average Bonchev–Trinajstić information content (AvgIpc) is 2.52. The molecule has 0 amide bonds. The van der Waals surface area contributed by atoms with Crippen molar-refractivity contribution < 1.29 is 4.79 Å². The number of benzene rings is 2. The van der Waals surface area contributed by atoms with Crippen molar-refractivity contribution in [2.24, 2.45) is 0 Å². The molecule has 2 aromatic rings. The van der Waals surface area contributed by atoms with Crippen LogP contribution in [0, 0.1) is 6.92 Å². The lowest BCUT2D eigenvalue weighted by Crippen LogP contribution is -2.34. The molecule has 0 fully saturated rings. The maximum atomic E-state index is 11.7. The maximum absolute atomic E-state index is 11.7. The van der Waals surface area contributed by atoms with Gasteiger partial charge in [0.05, 0.1) is 0 Å². The summed E-state index contributed by atoms with van der Waals surface area (Å²) in [4.78, 5) is 11.7. The van der Waals surface area contributed by atoms with Crippen LogP contribution >= 0.6 is 0 Å². The number of ketones is 1. The Morgan fingerprint density at radius 3 is 2.08 bits per heavy atom. The lowest BCUT2D eigenvalue weighted by Gasteiger charge is -2.42. The highest BCUT2D eigenvalue weighted by molar-refractivity contribution is 5.95. The summed E-state index contributed by atoms with van der Waals surface area (Å²) in [6.45, 7) is 13.2. The fourth-order valence-electron chi connectivity index (χ4n) is 3.94. The van der Waals surface area contributed by atoms with Crippen LogP contribution in [-0.2, 0) is 10.8 Å². The summed E-state index contributed by atoms with van der Waals surface area (Å²) >= 11 is 0. The minimum atomic E-state index is 0.119. The highest BCUT2D eigenvalue weighted by Crippen LogP contribution is 2.47. The molecule has 2 aromatic carbocycles. The van der Waals surface area contributed by atoms with Crippen molar-refractivity contribution in [3.63, 3.8) is 0 Å². The SMILES string of the molecule is CC(=O)c1cccc(-c2cc3c(cc2C)C(C)(C)CCC3(C)C)c1. The second-order valence-electron chi connectivity index (χ2n) is 8.62. The molecule has 0 atom stereocenters. The van der Waals surface area contributed by atoms with Crippen LogP contribution in [0.4, 0.5) is 0 Å². The van der Waals surface area contributed by atoms with Gasteiger partial charge >= 0.3 is 0 Å². The number of carbonyl (C=O) groups excluding carboxylic acids is 1. The van der Waals surface area contributed by atoms with Crippen LogP contribution in [-0.4, -0.2) is 5.78 Å². The van der Waals surface area contributed by atoms with Gasteiger partial charge in [0.15, 0.2) is 5.78 Å². The Hall–Kier alpha value is -1.89. The van der Waals surface area contributed by atoms with Gasteiger partial charge in [0.25, 0.3) is 0 Å². The molecule has 0 saturated heterocycles. The molecule has 1 heteroatoms. The molecule has 0 heterocycles. The van der Waals surface area contributed by atoms with Gasteiger partial charge in [-0.2, -0.15) is 0 Å². The van der Waals surface area contributed by atoms with Gasteiger partial charge in [-0.1, -0.05) is 58.0 Å². The summed E-state index contributed by atoms with van der Waals surface area (Å²) in [5.74, 6) is 0.119. The molecule has 1 aliphatic rings. The summed E-state index contributed by atoms with van der Waals surface area (Å²) in [5.41, 5.74) is 7.85. The van der Waals surface area contributed by atoms with Gasteiger partial charge in [-0.05, 0) is 71.4 Å². The first-order valence-electron chi connectivity index (χ1n) is 8.89. The quantitative estimate of drug-likeness (QED) is 0.601. The number of hydrogen-bond donors (Lipinski definition) is 0. The van der Waals surface area contributed by atoms with E-state index in [1.807, 2.05) is 18.2 Å². The molecule has 0 radical (unpaired) electrons. The second-order valence-corrected chi connectivity index (χ2v) is 8.62. The molecule has 3 rings (SSSR count). The lowest BCUT2D eigenvalue weighted by molar-refractivity contribution is 0.101. The fourth-order valence-corrected chi connectivity index (χ4v) is 3.94. The highest BCUT2D eigenvalue weighted by atomic mass is 16.1. The third-order valence-electron chi connectivity index (χ3n) is 5.78. The molecule has 24 heavy (non-hydrogen) atoms. The molecule has 126 valence electrons. The molecule has 0 aromatic heterocycles. The molecule has 0 bridgehead atoms. The molecule has 1 nitrogen and oxygen atoms in total. The zero-order chi connectivity index (χ0) is 17.7. The largest absolute Gasteiger partial charge is 0.295 e. The van der Waals surface area contributed by atoms with Gasteiger partial charge in [0, 0.05) is 5.56 Å². The standard InChI is InChI=1S/C23H28O/c1-15-12-20-21(23(5,6)11-10-22(20,3)4)14-19(15)18-9-7-8-17(13-18)16(2)24/h7-9,12-14H,10-11H2,1-6H3. The monoisotopic (exact) mass is 320 g/mol. The Bertz CT molecular complexity index is 809. The van der Waals surface area contributed by atoms with E-state index in [2.05, 4.69) is 52.8 Å². The van der Waals surface area contributed by atoms with E-state index in [9.17, 15) is 4.79 Å². The van der Waals surface area contributed by atoms with Crippen molar-refractivity contribution >= 4 is 5.78 Å². The zero-order valence-corrected chi connectivity index (χ0v) is 15.8. The lowest BCUT2D eigenvalue weighted by atomic mass is 9.62. The predicted octanol–water partition coefficient (Wildman–Crippen LogP) is 6.21. The van der Waals surface area contributed by atoms with Gasteiger partial charge in [-0.15, -0.1) is 0 Å². The number of fused-ring (bicyclic) bond motifs is 1. The van der Waals surface area contributed by atoms with E-state index in [0.29, 0.717) is 0 Å². The van der Waals surface area contributed by atoms with Crippen molar-refractivity contribution in [2.75, 3.05) is 0 Å². The van der Waals surface area contributed by atoms with E-state index < -0.39 is 0 Å². The number of rotatable bonds is 2. The van der Waals surface area contributed by atoms with E-state index in [1.165, 1.54) is 35.1 Å². The summed E-state index contributed by atoms with van der Waals surface area (Å²) in [6.07, 6.45) is 2.44. The summed E-state index contributed by atoms with van der Waals surface area (Å²) in [5, 5.41) is 0. The molecule has 0 unspecified atom stereocenters. The van der Waals surface area contributed by atoms with E-state index in [4.69, 9.17) is 0 Å². The molecule has 0 N–H and O–H groups in total. The third-order valence-corrected chi connectivity index (χ3v) is 5.78. The van der Waals surface area contributed by atoms with Crippen LogP contribution in [0.25, 0.3) is 11.1 Å². The normalized spacial score (nSPS) is 18.1. The number of hydrogen-bond acceptors (Lipinski definition) is 1. The Labute approximate surface area is 146 Å². The van der Waals surface area contributed by atoms with Crippen LogP contribution in [0.5, 0.6) is 0 Å². The molecule has 0 spiro atoms. The molecular formula is C23H28O. The van der Waals surface area contributed by atoms with Gasteiger partial charge < -0.3 is 0 Å². The summed E-state index contributed by atoms with van der Waals surface area (Å²) in [7, 11) is 0. The third kappa shape index (κ3) is 2.81. The summed E-state index contributed by atoms with van der Waals surface area (Å²) in [6, 6.07) is 12.8. The molecule has 1 aliphatic carbocycles. The first-order chi connectivity index (χ1) is 11.1. The highest BCUT2D eigenvalue weighted by Gasteiger charge is 2.37. The molecular weight excluding hydrogens is 292 g/mol. The fraction of sp³-hybridized carbons (Fsp3) is 0.435. The van der Waals surface area contributed by atoms with E-state index >= 15 is 0 Å². The van der Waals surface area contributed by atoms with Gasteiger partial charge in [-0.3, -0.25) is 4.79 Å². The Morgan fingerprint density at radius 2 is 1.50 bits per heavy atom. The van der Waals surface area contributed by atoms with Crippen molar-refractivity contribution in [3.05, 3.63) is 58.7 Å². The molecule has 0 saturated carbocycles. The van der Waals surface area contributed by atoms with Crippen LogP contribution < -0.4 is 0 Å². The van der Waals surface area contributed by atoms with Crippen LogP contribution in [0.1, 0.15) is 74.5 Å². The van der Waals surface area contributed by atoms with Crippen LogP contribution in [0.2, 0.25) is 0 Å². The predicted molar refractivity (Wildman–Crippen MR) is 102 cm³/mol. The number of Topliss-reactive ketones (excluding diaryl/α,β-unsaturated/α-hetero) is 1. The molecule has 0 aliphatic heterocycles. The van der Waals surface area contributed by atoms with E-state index in [1.54, 1.807) is 6.92 Å². The topological polar surface area (TPSA) is 17.1 Å². The first-order valence-corrected chi connectivity index (χ1v) is 8.89. The smallest absolute Gasteiger partial charge is 0.159 e. The Balaban J connectivity index is 2.22. The van der Waals surface area contributed by atoms with Crippen molar-refractivity contribution in [1.29, 1.82) is 0 Å². The van der Waals surface area contributed by atoms with Gasteiger partial charge in [-0.25, -0.2) is 0 Å². The second kappa shape index (κ2) is 5.58. The Kier molecular flexibility index (Phi) is 3.94. The van der Waals surface area contributed by atoms with E-state index in [-0.39, 0.29) is 16.6 Å². The number of aryl methyl sites for hydroxylation is 1. The minimum absolute atomic E-state index is 0.119. The van der Waals surface area contributed by atoms with Crippen molar-refractivity contribution in [2.45, 2.75) is 65.2 Å². The average molecular weight is 320 g/mol. The van der Waals surface area contributed by atoms with Crippen molar-refractivity contribution in [3.8, 4) is 11.1 Å². The Morgan fingerprint density at radius 1 is 0.917 bits per heavy atom. The van der Waals surface area contributed by atoms with Crippen LogP contribution in [0.15, 0.2) is 36.4 Å². The zero-order valence-electron chi connectivity index (χ0n) is 15.8. The van der Waals surface area contributed by atoms with Crippen LogP contribution in [0.3, 0.4) is 0 Å². The van der Waals surface area contributed by atoms with Gasteiger partial charge in [0.1, 0.15) is 0 Å². The van der Waals surface area contributed by atoms with Crippen molar-refractivity contribution in [1.82, 2.24) is 0 Å². The summed E-state index contributed by atoms with van der Waals surface area (Å²) < 4.78 is 0. The van der Waals surface area contributed by atoms with E-state index in [0.717, 1.165) is 11.1 Å². The first kappa shape index (κ1) is 17.0. The maximum Gasteiger partial charge on any atom is 0.159 e. The number of carbonyl (C=O) groups is 1. The van der Waals surface area contributed by atoms with Gasteiger partial charge in [0.2, 0.25) is 0 Å². The minimum Gasteiger partial charge on any atom is -0.295 e.